The lowest BCUT2D eigenvalue weighted by Gasteiger charge is -2.11. The van der Waals surface area contributed by atoms with E-state index in [1.54, 1.807) is 54.6 Å². The van der Waals surface area contributed by atoms with Crippen LogP contribution in [0, 0.1) is 6.92 Å². The number of hydrogen-bond donors (Lipinski definition) is 2. The third kappa shape index (κ3) is 4.67. The first-order valence-electron chi connectivity index (χ1n) is 10.0. The fourth-order valence-electron chi connectivity index (χ4n) is 3.21. The average Bonchev–Trinajstić information content (AvgIpc) is 3.08. The van der Waals surface area contributed by atoms with Gasteiger partial charge in [0, 0.05) is 11.3 Å². The molecule has 3 aromatic rings. The Hall–Kier alpha value is -4.39. The van der Waals surface area contributed by atoms with Crippen LogP contribution in [-0.4, -0.2) is 24.5 Å². The molecule has 160 valence electrons. The van der Waals surface area contributed by atoms with Gasteiger partial charge in [0.15, 0.2) is 6.61 Å². The minimum atomic E-state index is -0.525. The highest BCUT2D eigenvalue weighted by Gasteiger charge is 2.34. The number of rotatable bonds is 6. The normalized spacial score (nSPS) is 14.4. The second-order valence-electron chi connectivity index (χ2n) is 7.20. The third-order valence-electron chi connectivity index (χ3n) is 4.81. The molecule has 3 aromatic carbocycles. The van der Waals surface area contributed by atoms with Crippen molar-refractivity contribution in [3.05, 3.63) is 95.7 Å². The summed E-state index contributed by atoms with van der Waals surface area (Å²) in [7, 11) is 0. The molecule has 0 aromatic heterocycles. The maximum Gasteiger partial charge on any atom is 0.333 e. The van der Waals surface area contributed by atoms with Crippen LogP contribution in [0.4, 0.5) is 16.2 Å². The van der Waals surface area contributed by atoms with Crippen molar-refractivity contribution in [2.45, 2.75) is 6.92 Å². The van der Waals surface area contributed by atoms with Crippen molar-refractivity contribution >= 4 is 35.3 Å². The minimum absolute atomic E-state index is 0.124. The fourth-order valence-corrected chi connectivity index (χ4v) is 3.21. The number of urea groups is 1. The van der Waals surface area contributed by atoms with E-state index < -0.39 is 11.9 Å². The number of nitrogens with one attached hydrogen (secondary N) is 2. The van der Waals surface area contributed by atoms with Crippen LogP contribution in [0.2, 0.25) is 0 Å². The number of carbonyl (C=O) groups is 3. The largest absolute Gasteiger partial charge is 0.483 e. The smallest absolute Gasteiger partial charge is 0.333 e. The molecule has 32 heavy (non-hydrogen) atoms. The second-order valence-corrected chi connectivity index (χ2v) is 7.20. The number of hydrogen-bond acceptors (Lipinski definition) is 4. The van der Waals surface area contributed by atoms with E-state index in [0.29, 0.717) is 22.7 Å². The number of para-hydroxylation sites is 2. The lowest BCUT2D eigenvalue weighted by molar-refractivity contribution is -0.118. The van der Waals surface area contributed by atoms with Gasteiger partial charge in [0.1, 0.15) is 11.4 Å². The molecule has 0 atom stereocenters. The lowest BCUT2D eigenvalue weighted by atomic mass is 10.1. The number of benzene rings is 3. The van der Waals surface area contributed by atoms with E-state index in [1.807, 2.05) is 31.2 Å². The molecule has 0 bridgehead atoms. The first-order valence-corrected chi connectivity index (χ1v) is 10.0. The standard InChI is InChI=1S/C25H21N3O4/c1-17-11-13-19(14-12-17)26-23(29)16-32-22-10-6-5-7-18(22)15-21-24(30)28(25(31)27-21)20-8-3-2-4-9-20/h2-15H,16H2,1H3,(H,26,29)(H,27,31)/b21-15+. The molecule has 4 rings (SSSR count). The summed E-state index contributed by atoms with van der Waals surface area (Å²) in [6, 6.07) is 22.6. The van der Waals surface area contributed by atoms with Gasteiger partial charge < -0.3 is 15.4 Å². The molecular formula is C25H21N3O4. The van der Waals surface area contributed by atoms with Gasteiger partial charge in [0.25, 0.3) is 11.8 Å². The topological polar surface area (TPSA) is 87.7 Å². The number of carbonyl (C=O) groups excluding carboxylic acids is 3. The van der Waals surface area contributed by atoms with E-state index in [-0.39, 0.29) is 18.2 Å². The number of aryl methyl sites for hydroxylation is 1. The molecule has 1 saturated heterocycles. The molecule has 0 unspecified atom stereocenters. The molecule has 0 spiro atoms. The third-order valence-corrected chi connectivity index (χ3v) is 4.81. The van der Waals surface area contributed by atoms with Crippen molar-refractivity contribution in [2.75, 3.05) is 16.8 Å². The van der Waals surface area contributed by atoms with E-state index in [1.165, 1.54) is 6.08 Å². The van der Waals surface area contributed by atoms with Crippen molar-refractivity contribution in [1.82, 2.24) is 5.32 Å². The molecule has 0 radical (unpaired) electrons. The number of nitrogens with zero attached hydrogens (tertiary/aromatic N) is 1. The van der Waals surface area contributed by atoms with Crippen molar-refractivity contribution in [1.29, 1.82) is 0 Å². The summed E-state index contributed by atoms with van der Waals surface area (Å²) < 4.78 is 5.68. The van der Waals surface area contributed by atoms with Gasteiger partial charge in [-0.2, -0.15) is 0 Å². The molecule has 1 aliphatic rings. The maximum absolute atomic E-state index is 12.8. The second kappa shape index (κ2) is 9.18. The predicted molar refractivity (Wildman–Crippen MR) is 122 cm³/mol. The molecule has 1 fully saturated rings. The van der Waals surface area contributed by atoms with Gasteiger partial charge in [-0.05, 0) is 43.3 Å². The number of ether oxygens (including phenoxy) is 1. The zero-order valence-electron chi connectivity index (χ0n) is 17.4. The SMILES string of the molecule is Cc1ccc(NC(=O)COc2ccccc2/C=C2/NC(=O)N(c3ccccc3)C2=O)cc1. The number of anilines is 2. The first-order chi connectivity index (χ1) is 15.5. The summed E-state index contributed by atoms with van der Waals surface area (Å²) >= 11 is 0. The number of amides is 4. The van der Waals surface area contributed by atoms with Crippen molar-refractivity contribution in [2.24, 2.45) is 0 Å². The molecule has 1 aliphatic heterocycles. The molecule has 2 N–H and O–H groups in total. The zero-order valence-corrected chi connectivity index (χ0v) is 17.4. The molecule has 0 saturated carbocycles. The Morgan fingerprint density at radius 1 is 0.969 bits per heavy atom. The van der Waals surface area contributed by atoms with Crippen LogP contribution in [-0.2, 0) is 9.59 Å². The van der Waals surface area contributed by atoms with Gasteiger partial charge >= 0.3 is 6.03 Å². The maximum atomic E-state index is 12.8. The average molecular weight is 427 g/mol. The number of imide groups is 1. The van der Waals surface area contributed by atoms with Crippen molar-refractivity contribution < 1.29 is 19.1 Å². The van der Waals surface area contributed by atoms with Crippen LogP contribution in [0.1, 0.15) is 11.1 Å². The lowest BCUT2D eigenvalue weighted by Crippen LogP contribution is -2.30. The Balaban J connectivity index is 1.47. The summed E-state index contributed by atoms with van der Waals surface area (Å²) in [6.07, 6.45) is 1.54. The van der Waals surface area contributed by atoms with E-state index in [9.17, 15) is 14.4 Å². The van der Waals surface area contributed by atoms with Gasteiger partial charge in [-0.3, -0.25) is 9.59 Å². The molecule has 0 aliphatic carbocycles. The molecule has 1 heterocycles. The van der Waals surface area contributed by atoms with Crippen LogP contribution >= 0.6 is 0 Å². The van der Waals surface area contributed by atoms with Crippen LogP contribution < -0.4 is 20.3 Å². The Morgan fingerprint density at radius 3 is 2.41 bits per heavy atom. The predicted octanol–water partition coefficient (Wildman–Crippen LogP) is 4.11. The zero-order chi connectivity index (χ0) is 22.5. The van der Waals surface area contributed by atoms with Crippen LogP contribution in [0.25, 0.3) is 6.08 Å². The highest BCUT2D eigenvalue weighted by atomic mass is 16.5. The van der Waals surface area contributed by atoms with E-state index in [0.717, 1.165) is 10.5 Å². The van der Waals surface area contributed by atoms with E-state index >= 15 is 0 Å². The van der Waals surface area contributed by atoms with Gasteiger partial charge in [0.05, 0.1) is 5.69 Å². The van der Waals surface area contributed by atoms with Crippen LogP contribution in [0.15, 0.2) is 84.6 Å². The Kier molecular flexibility index (Phi) is 5.98. The monoisotopic (exact) mass is 427 g/mol. The molecule has 4 amide bonds. The quantitative estimate of drug-likeness (QED) is 0.458. The Morgan fingerprint density at radius 2 is 1.66 bits per heavy atom. The first kappa shape index (κ1) is 20.9. The summed E-state index contributed by atoms with van der Waals surface area (Å²) in [5.74, 6) is -0.357. The minimum Gasteiger partial charge on any atom is -0.483 e. The molecule has 7 nitrogen and oxygen atoms in total. The summed E-state index contributed by atoms with van der Waals surface area (Å²) in [5, 5.41) is 5.37. The Bertz CT molecular complexity index is 1190. The van der Waals surface area contributed by atoms with Crippen molar-refractivity contribution in [3.8, 4) is 5.75 Å². The Labute approximate surface area is 185 Å². The summed E-state index contributed by atoms with van der Waals surface area (Å²) in [5.41, 5.74) is 2.95. The van der Waals surface area contributed by atoms with Gasteiger partial charge in [-0.15, -0.1) is 0 Å². The summed E-state index contributed by atoms with van der Waals surface area (Å²) in [4.78, 5) is 38.5. The fraction of sp³-hybridized carbons (Fsp3) is 0.0800. The molecule has 7 heteroatoms. The summed E-state index contributed by atoms with van der Waals surface area (Å²) in [6.45, 7) is 1.77. The highest BCUT2D eigenvalue weighted by molar-refractivity contribution is 6.28. The van der Waals surface area contributed by atoms with E-state index in [2.05, 4.69) is 10.6 Å². The van der Waals surface area contributed by atoms with Crippen LogP contribution in [0.5, 0.6) is 5.75 Å². The van der Waals surface area contributed by atoms with E-state index in [4.69, 9.17) is 4.74 Å². The van der Waals surface area contributed by atoms with Gasteiger partial charge in [0.2, 0.25) is 0 Å². The molecular weight excluding hydrogens is 406 g/mol. The van der Waals surface area contributed by atoms with Crippen molar-refractivity contribution in [3.63, 3.8) is 0 Å². The van der Waals surface area contributed by atoms with Gasteiger partial charge in [-0.25, -0.2) is 9.69 Å². The van der Waals surface area contributed by atoms with Gasteiger partial charge in [-0.1, -0.05) is 54.1 Å². The van der Waals surface area contributed by atoms with Crippen LogP contribution in [0.3, 0.4) is 0 Å². The highest BCUT2D eigenvalue weighted by Crippen LogP contribution is 2.25.